The van der Waals surface area contributed by atoms with Crippen molar-refractivity contribution in [1.82, 2.24) is 10.2 Å². The number of carbonyl (C=O) groups excluding carboxylic acids is 3. The van der Waals surface area contributed by atoms with Gasteiger partial charge in [0.2, 0.25) is 5.91 Å². The van der Waals surface area contributed by atoms with Crippen LogP contribution in [0.3, 0.4) is 0 Å². The number of rotatable bonds is 6. The van der Waals surface area contributed by atoms with Gasteiger partial charge in [0.1, 0.15) is 12.4 Å². The van der Waals surface area contributed by atoms with Gasteiger partial charge in [-0.1, -0.05) is 24.3 Å². The smallest absolute Gasteiger partial charge is 0.254 e. The fourth-order valence-corrected chi connectivity index (χ4v) is 2.73. The van der Waals surface area contributed by atoms with Crippen LogP contribution in [-0.2, 0) is 9.59 Å². The monoisotopic (exact) mass is 372 g/mol. The van der Waals surface area contributed by atoms with Crippen molar-refractivity contribution in [3.63, 3.8) is 0 Å². The lowest BCUT2D eigenvalue weighted by molar-refractivity contribution is -0.135. The Labute approximate surface area is 156 Å². The number of nitrogens with zero attached hydrogens (tertiary/aromatic N) is 1. The molecule has 2 N–H and O–H groups in total. The fraction of sp³-hybridized carbons (Fsp3) is 0.250. The van der Waals surface area contributed by atoms with E-state index in [0.29, 0.717) is 11.1 Å². The van der Waals surface area contributed by atoms with Gasteiger partial charge in [-0.25, -0.2) is 4.39 Å². The molecule has 0 radical (unpaired) electrons. The van der Waals surface area contributed by atoms with Crippen molar-refractivity contribution in [3.8, 4) is 11.1 Å². The quantitative estimate of drug-likeness (QED) is 0.754. The number of nitrogens with one attached hydrogen (secondary N) is 1. The van der Waals surface area contributed by atoms with Crippen LogP contribution in [0.15, 0.2) is 42.5 Å². The summed E-state index contributed by atoms with van der Waals surface area (Å²) < 4.78 is 14.1. The first kappa shape index (κ1) is 20.3. The second-order valence-electron chi connectivity index (χ2n) is 6.12. The maximum absolute atomic E-state index is 14.1. The van der Waals surface area contributed by atoms with Crippen molar-refractivity contribution in [2.45, 2.75) is 13.0 Å². The third kappa shape index (κ3) is 4.38. The number of benzene rings is 2. The van der Waals surface area contributed by atoms with Gasteiger partial charge in [0.05, 0.1) is 0 Å². The van der Waals surface area contributed by atoms with Crippen molar-refractivity contribution in [2.24, 2.45) is 0 Å². The summed E-state index contributed by atoms with van der Waals surface area (Å²) in [7, 11) is 2.65. The van der Waals surface area contributed by atoms with Crippen LogP contribution in [0.4, 0.5) is 4.39 Å². The van der Waals surface area contributed by atoms with Gasteiger partial charge in [0.25, 0.3) is 5.91 Å². The van der Waals surface area contributed by atoms with Crippen LogP contribution in [-0.4, -0.2) is 54.3 Å². The topological polar surface area (TPSA) is 86.7 Å². The molecular formula is C20H21FN2O4. The van der Waals surface area contributed by atoms with Crippen LogP contribution in [0.5, 0.6) is 0 Å². The number of carbonyl (C=O) groups is 3. The van der Waals surface area contributed by atoms with Gasteiger partial charge in [-0.3, -0.25) is 14.4 Å². The van der Waals surface area contributed by atoms with Gasteiger partial charge < -0.3 is 15.3 Å². The Morgan fingerprint density at radius 2 is 1.78 bits per heavy atom. The molecule has 2 amide bonds. The van der Waals surface area contributed by atoms with E-state index in [2.05, 4.69) is 5.32 Å². The highest BCUT2D eigenvalue weighted by Crippen LogP contribution is 2.24. The minimum absolute atomic E-state index is 0.230. The van der Waals surface area contributed by atoms with Crippen molar-refractivity contribution in [3.05, 3.63) is 59.4 Å². The van der Waals surface area contributed by atoms with E-state index in [9.17, 15) is 18.8 Å². The van der Waals surface area contributed by atoms with E-state index >= 15 is 0 Å². The average molecular weight is 372 g/mol. The number of Topliss-reactive ketones (excluding diaryl/α,β-unsaturated/α-hetero) is 1. The Balaban J connectivity index is 2.28. The number of hydrogen-bond acceptors (Lipinski definition) is 4. The molecule has 142 valence electrons. The highest BCUT2D eigenvalue weighted by molar-refractivity contribution is 6.10. The lowest BCUT2D eigenvalue weighted by Gasteiger charge is -2.25. The minimum atomic E-state index is -1.43. The highest BCUT2D eigenvalue weighted by Gasteiger charge is 2.32. The minimum Gasteiger partial charge on any atom is -0.388 e. The van der Waals surface area contributed by atoms with E-state index in [1.807, 2.05) is 0 Å². The molecule has 0 heterocycles. The second kappa shape index (κ2) is 8.55. The molecule has 7 heteroatoms. The molecule has 0 aliphatic heterocycles. The third-order valence-corrected chi connectivity index (χ3v) is 4.23. The van der Waals surface area contributed by atoms with Gasteiger partial charge in [-0.15, -0.1) is 0 Å². The van der Waals surface area contributed by atoms with Crippen LogP contribution in [0, 0.1) is 12.7 Å². The highest BCUT2D eigenvalue weighted by atomic mass is 19.1. The lowest BCUT2D eigenvalue weighted by atomic mass is 10.0. The summed E-state index contributed by atoms with van der Waals surface area (Å²) in [4.78, 5) is 37.4. The number of halogens is 1. The third-order valence-electron chi connectivity index (χ3n) is 4.23. The Morgan fingerprint density at radius 1 is 1.15 bits per heavy atom. The number of ketones is 1. The van der Waals surface area contributed by atoms with Gasteiger partial charge in [0.15, 0.2) is 11.8 Å². The zero-order chi connectivity index (χ0) is 20.1. The molecule has 0 aromatic heterocycles. The molecule has 0 saturated carbocycles. The molecule has 27 heavy (non-hydrogen) atoms. The molecule has 1 unspecified atom stereocenters. The van der Waals surface area contributed by atoms with E-state index in [-0.39, 0.29) is 11.4 Å². The Kier molecular flexibility index (Phi) is 6.41. The first-order valence-corrected chi connectivity index (χ1v) is 8.29. The number of aryl methyl sites for hydroxylation is 1. The first-order valence-electron chi connectivity index (χ1n) is 8.29. The number of aliphatic hydroxyl groups excluding tert-OH is 1. The Hall–Kier alpha value is -3.06. The second-order valence-corrected chi connectivity index (χ2v) is 6.12. The molecule has 0 fully saturated rings. The molecule has 2 rings (SSSR count). The van der Waals surface area contributed by atoms with Crippen molar-refractivity contribution >= 4 is 17.6 Å². The lowest BCUT2D eigenvalue weighted by Crippen LogP contribution is -2.52. The fourth-order valence-electron chi connectivity index (χ4n) is 2.73. The number of hydrogen-bond donors (Lipinski definition) is 2. The number of likely N-dealkylation sites (N-methyl/N-ethyl adjacent to an activating group) is 2. The van der Waals surface area contributed by atoms with Crippen molar-refractivity contribution in [1.29, 1.82) is 0 Å². The Bertz CT molecular complexity index is 849. The number of amides is 2. The van der Waals surface area contributed by atoms with Crippen LogP contribution >= 0.6 is 0 Å². The average Bonchev–Trinajstić information content (AvgIpc) is 2.67. The molecule has 6 nitrogen and oxygen atoms in total. The Morgan fingerprint density at radius 3 is 2.30 bits per heavy atom. The predicted octanol–water partition coefficient (Wildman–Crippen LogP) is 1.55. The molecule has 1 atom stereocenters. The van der Waals surface area contributed by atoms with Crippen LogP contribution in [0.25, 0.3) is 11.1 Å². The normalized spacial score (nSPS) is 11.6. The van der Waals surface area contributed by atoms with Crippen molar-refractivity contribution < 1.29 is 23.9 Å². The van der Waals surface area contributed by atoms with Crippen LogP contribution in [0.2, 0.25) is 0 Å². The molecule has 0 saturated heterocycles. The molecule has 0 aliphatic carbocycles. The van der Waals surface area contributed by atoms with Crippen LogP contribution < -0.4 is 5.32 Å². The van der Waals surface area contributed by atoms with E-state index < -0.39 is 30.2 Å². The molecule has 0 spiro atoms. The largest absolute Gasteiger partial charge is 0.388 e. The van der Waals surface area contributed by atoms with E-state index in [1.165, 1.54) is 32.3 Å². The summed E-state index contributed by atoms with van der Waals surface area (Å²) in [5.41, 5.74) is 2.04. The van der Waals surface area contributed by atoms with E-state index in [4.69, 9.17) is 5.11 Å². The van der Waals surface area contributed by atoms with Crippen LogP contribution in [0.1, 0.15) is 15.9 Å². The maximum atomic E-state index is 14.1. The summed E-state index contributed by atoms with van der Waals surface area (Å²) in [5.74, 6) is -2.41. The summed E-state index contributed by atoms with van der Waals surface area (Å²) in [6.07, 6.45) is 0. The molecule has 2 aromatic rings. The molecule has 0 aliphatic rings. The van der Waals surface area contributed by atoms with E-state index in [0.717, 1.165) is 10.5 Å². The standard InChI is InChI=1S/C20H21FN2O4/c1-12-4-9-15(16(21)10-12)13-5-7-14(8-6-13)20(27)23(3)18(17(25)11-24)19(26)22-2/h4-10,18,24H,11H2,1-3H3,(H,22,26). The summed E-state index contributed by atoms with van der Waals surface area (Å²) in [6, 6.07) is 9.64. The maximum Gasteiger partial charge on any atom is 0.254 e. The predicted molar refractivity (Wildman–Crippen MR) is 98.6 cm³/mol. The summed E-state index contributed by atoms with van der Waals surface area (Å²) in [5, 5.41) is 11.4. The molecular weight excluding hydrogens is 351 g/mol. The van der Waals surface area contributed by atoms with Gasteiger partial charge >= 0.3 is 0 Å². The summed E-state index contributed by atoms with van der Waals surface area (Å²) >= 11 is 0. The first-order chi connectivity index (χ1) is 12.8. The SMILES string of the molecule is CNC(=O)C(C(=O)CO)N(C)C(=O)c1ccc(-c2ccc(C)cc2F)cc1. The van der Waals surface area contributed by atoms with Gasteiger partial charge in [-0.05, 0) is 36.2 Å². The van der Waals surface area contributed by atoms with Crippen molar-refractivity contribution in [2.75, 3.05) is 20.7 Å². The molecule has 0 bridgehead atoms. The zero-order valence-corrected chi connectivity index (χ0v) is 15.3. The van der Waals surface area contributed by atoms with Gasteiger partial charge in [0, 0.05) is 25.2 Å². The summed E-state index contributed by atoms with van der Waals surface area (Å²) in [6.45, 7) is 0.933. The van der Waals surface area contributed by atoms with E-state index in [1.54, 1.807) is 31.2 Å². The van der Waals surface area contributed by atoms with Gasteiger partial charge in [-0.2, -0.15) is 0 Å². The number of aliphatic hydroxyl groups is 1. The zero-order valence-electron chi connectivity index (χ0n) is 15.3. The molecule has 2 aromatic carbocycles.